The SMILES string of the molecule is COc1cc2c(cc1OC)CN(CCNC(=O)[C@@H]1CC[C@H](CN)O1)CC2. The minimum atomic E-state index is -0.345. The fraction of sp³-hybridized carbons (Fsp3) is 0.632. The normalized spacial score (nSPS) is 22.7. The summed E-state index contributed by atoms with van der Waals surface area (Å²) in [6.07, 6.45) is 2.27. The van der Waals surface area contributed by atoms with Gasteiger partial charge in [0.1, 0.15) is 6.10 Å². The van der Waals surface area contributed by atoms with Gasteiger partial charge in [-0.2, -0.15) is 0 Å². The average Bonchev–Trinajstić information content (AvgIpc) is 3.16. The molecule has 1 aromatic rings. The smallest absolute Gasteiger partial charge is 0.249 e. The molecule has 1 fully saturated rings. The highest BCUT2D eigenvalue weighted by atomic mass is 16.5. The van der Waals surface area contributed by atoms with E-state index in [9.17, 15) is 4.79 Å². The van der Waals surface area contributed by atoms with Crippen LogP contribution in [0.25, 0.3) is 0 Å². The number of carbonyl (C=O) groups excluding carboxylic acids is 1. The van der Waals surface area contributed by atoms with E-state index in [1.807, 2.05) is 0 Å². The molecule has 1 aromatic carbocycles. The summed E-state index contributed by atoms with van der Waals surface area (Å²) in [6.45, 7) is 3.72. The maximum Gasteiger partial charge on any atom is 0.249 e. The molecule has 2 aliphatic heterocycles. The zero-order chi connectivity index (χ0) is 18.5. The van der Waals surface area contributed by atoms with E-state index in [-0.39, 0.29) is 18.1 Å². The van der Waals surface area contributed by atoms with Crippen molar-refractivity contribution in [2.75, 3.05) is 40.4 Å². The topological polar surface area (TPSA) is 86.1 Å². The molecule has 0 radical (unpaired) electrons. The minimum absolute atomic E-state index is 0.0234. The molecule has 0 unspecified atom stereocenters. The van der Waals surface area contributed by atoms with Gasteiger partial charge in [-0.3, -0.25) is 9.69 Å². The molecule has 7 heteroatoms. The van der Waals surface area contributed by atoms with Gasteiger partial charge in [-0.15, -0.1) is 0 Å². The summed E-state index contributed by atoms with van der Waals surface area (Å²) in [4.78, 5) is 14.5. The summed E-state index contributed by atoms with van der Waals surface area (Å²) in [5.74, 6) is 1.51. The standard InChI is InChI=1S/C19H29N3O4/c1-24-17-9-13-5-7-22(12-14(13)10-18(17)25-2)8-6-21-19(23)16-4-3-15(11-20)26-16/h9-10,15-16H,3-8,11-12,20H2,1-2H3,(H,21,23)/t15-,16+/m1/s1. The van der Waals surface area contributed by atoms with Crippen LogP contribution in [-0.2, 0) is 22.5 Å². The highest BCUT2D eigenvalue weighted by molar-refractivity contribution is 5.81. The van der Waals surface area contributed by atoms with Crippen LogP contribution in [0.4, 0.5) is 0 Å². The number of carbonyl (C=O) groups is 1. The Labute approximate surface area is 154 Å². The number of ether oxygens (including phenoxy) is 3. The maximum absolute atomic E-state index is 12.2. The minimum Gasteiger partial charge on any atom is -0.493 e. The van der Waals surface area contributed by atoms with E-state index in [2.05, 4.69) is 22.3 Å². The molecule has 2 aliphatic rings. The van der Waals surface area contributed by atoms with Crippen LogP contribution < -0.4 is 20.5 Å². The van der Waals surface area contributed by atoms with Crippen molar-refractivity contribution >= 4 is 5.91 Å². The second kappa shape index (κ2) is 8.70. The zero-order valence-corrected chi connectivity index (χ0v) is 15.6. The third-order valence-electron chi connectivity index (χ3n) is 5.19. The quantitative estimate of drug-likeness (QED) is 0.741. The predicted octanol–water partition coefficient (Wildman–Crippen LogP) is 0.684. The molecule has 3 rings (SSSR count). The van der Waals surface area contributed by atoms with Crippen LogP contribution in [0.5, 0.6) is 11.5 Å². The molecule has 0 aromatic heterocycles. The van der Waals surface area contributed by atoms with Crippen LogP contribution in [0.15, 0.2) is 12.1 Å². The van der Waals surface area contributed by atoms with Crippen molar-refractivity contribution in [3.8, 4) is 11.5 Å². The lowest BCUT2D eigenvalue weighted by atomic mass is 9.99. The Balaban J connectivity index is 1.48. The molecule has 0 aliphatic carbocycles. The molecule has 0 bridgehead atoms. The van der Waals surface area contributed by atoms with Crippen LogP contribution in [0.1, 0.15) is 24.0 Å². The predicted molar refractivity (Wildman–Crippen MR) is 98.5 cm³/mol. The number of amides is 1. The van der Waals surface area contributed by atoms with Crippen LogP contribution >= 0.6 is 0 Å². The number of hydrogen-bond acceptors (Lipinski definition) is 6. The van der Waals surface area contributed by atoms with E-state index in [0.29, 0.717) is 13.1 Å². The van der Waals surface area contributed by atoms with Crippen molar-refractivity contribution in [1.29, 1.82) is 0 Å². The van der Waals surface area contributed by atoms with Crippen molar-refractivity contribution in [2.24, 2.45) is 5.73 Å². The third-order valence-corrected chi connectivity index (χ3v) is 5.19. The molecule has 0 spiro atoms. The monoisotopic (exact) mass is 363 g/mol. The van der Waals surface area contributed by atoms with Crippen molar-refractivity contribution in [1.82, 2.24) is 10.2 Å². The van der Waals surface area contributed by atoms with Gasteiger partial charge < -0.3 is 25.3 Å². The van der Waals surface area contributed by atoms with Crippen LogP contribution in [0.3, 0.4) is 0 Å². The lowest BCUT2D eigenvalue weighted by molar-refractivity contribution is -0.131. The fourth-order valence-corrected chi connectivity index (χ4v) is 3.66. The van der Waals surface area contributed by atoms with Crippen LogP contribution in [-0.4, -0.2) is 63.4 Å². The molecule has 0 saturated carbocycles. The maximum atomic E-state index is 12.2. The molecular formula is C19H29N3O4. The first kappa shape index (κ1) is 18.9. The second-order valence-corrected chi connectivity index (χ2v) is 6.85. The number of rotatable bonds is 7. The van der Waals surface area contributed by atoms with Crippen molar-refractivity contribution in [2.45, 2.75) is 38.0 Å². The number of hydrogen-bond donors (Lipinski definition) is 2. The Bertz CT molecular complexity index is 637. The summed E-state index contributed by atoms with van der Waals surface area (Å²) in [5, 5.41) is 2.99. The lowest BCUT2D eigenvalue weighted by Crippen LogP contribution is -2.41. The first-order chi connectivity index (χ1) is 12.6. The van der Waals surface area contributed by atoms with E-state index < -0.39 is 0 Å². The lowest BCUT2D eigenvalue weighted by Gasteiger charge is -2.29. The highest BCUT2D eigenvalue weighted by Gasteiger charge is 2.29. The number of nitrogens with one attached hydrogen (secondary N) is 1. The van der Waals surface area contributed by atoms with Gasteiger partial charge in [-0.1, -0.05) is 0 Å². The first-order valence-corrected chi connectivity index (χ1v) is 9.24. The van der Waals surface area contributed by atoms with Gasteiger partial charge in [0.25, 0.3) is 0 Å². The van der Waals surface area contributed by atoms with E-state index >= 15 is 0 Å². The van der Waals surface area contributed by atoms with Crippen molar-refractivity contribution in [3.63, 3.8) is 0 Å². The Morgan fingerprint density at radius 1 is 1.27 bits per heavy atom. The third kappa shape index (κ3) is 4.28. The highest BCUT2D eigenvalue weighted by Crippen LogP contribution is 2.33. The van der Waals surface area contributed by atoms with E-state index in [1.165, 1.54) is 11.1 Å². The van der Waals surface area contributed by atoms with Gasteiger partial charge in [0.2, 0.25) is 5.91 Å². The molecule has 144 valence electrons. The summed E-state index contributed by atoms with van der Waals surface area (Å²) in [5.41, 5.74) is 8.15. The summed E-state index contributed by atoms with van der Waals surface area (Å²) >= 11 is 0. The first-order valence-electron chi connectivity index (χ1n) is 9.24. The Morgan fingerprint density at radius 2 is 2.00 bits per heavy atom. The van der Waals surface area contributed by atoms with Crippen LogP contribution in [0, 0.1) is 0 Å². The number of benzene rings is 1. The van der Waals surface area contributed by atoms with Gasteiger partial charge in [0.15, 0.2) is 11.5 Å². The summed E-state index contributed by atoms with van der Waals surface area (Å²) < 4.78 is 16.4. The number of methoxy groups -OCH3 is 2. The van der Waals surface area contributed by atoms with Gasteiger partial charge in [0, 0.05) is 32.7 Å². The number of nitrogens with two attached hydrogens (primary N) is 1. The summed E-state index contributed by atoms with van der Waals surface area (Å²) in [7, 11) is 3.31. The van der Waals surface area contributed by atoms with E-state index in [1.54, 1.807) is 14.2 Å². The fourth-order valence-electron chi connectivity index (χ4n) is 3.66. The van der Waals surface area contributed by atoms with Gasteiger partial charge in [-0.05, 0) is 42.5 Å². The Hall–Kier alpha value is -1.83. The second-order valence-electron chi connectivity index (χ2n) is 6.85. The van der Waals surface area contributed by atoms with Gasteiger partial charge >= 0.3 is 0 Å². The molecule has 26 heavy (non-hydrogen) atoms. The molecule has 1 saturated heterocycles. The molecule has 3 N–H and O–H groups in total. The van der Waals surface area contributed by atoms with E-state index in [0.717, 1.165) is 50.4 Å². The van der Waals surface area contributed by atoms with Gasteiger partial charge in [-0.25, -0.2) is 0 Å². The van der Waals surface area contributed by atoms with E-state index in [4.69, 9.17) is 19.9 Å². The van der Waals surface area contributed by atoms with Crippen LogP contribution in [0.2, 0.25) is 0 Å². The number of fused-ring (bicyclic) bond motifs is 1. The number of nitrogens with zero attached hydrogens (tertiary/aromatic N) is 1. The summed E-state index contributed by atoms with van der Waals surface area (Å²) in [6, 6.07) is 4.12. The molecule has 1 amide bonds. The zero-order valence-electron chi connectivity index (χ0n) is 15.6. The van der Waals surface area contributed by atoms with Crippen molar-refractivity contribution < 1.29 is 19.0 Å². The molecule has 2 atom stereocenters. The van der Waals surface area contributed by atoms with Crippen molar-refractivity contribution in [3.05, 3.63) is 23.3 Å². The largest absolute Gasteiger partial charge is 0.493 e. The molecule has 2 heterocycles. The Kier molecular flexibility index (Phi) is 6.34. The van der Waals surface area contributed by atoms with Gasteiger partial charge in [0.05, 0.1) is 20.3 Å². The average molecular weight is 363 g/mol. The molecular weight excluding hydrogens is 334 g/mol. The molecule has 7 nitrogen and oxygen atoms in total. The Morgan fingerprint density at radius 3 is 2.65 bits per heavy atom.